The predicted octanol–water partition coefficient (Wildman–Crippen LogP) is 4.05. The molecule has 0 aliphatic carbocycles. The Morgan fingerprint density at radius 2 is 1.57 bits per heavy atom. The standard InChI is InChI=1S/C18H20Cl2N2O5S/c1-5-22(28(4,24)25)15-10-17(27-3)16(26-2)9-14(15)18(23)21-13-7-11(19)6-12(20)8-13/h6-10H,5H2,1-4H3,(H,21,23). The molecular formula is C18H20Cl2N2O5S. The summed E-state index contributed by atoms with van der Waals surface area (Å²) in [4.78, 5) is 13.0. The van der Waals surface area contributed by atoms with Gasteiger partial charge in [-0.1, -0.05) is 23.2 Å². The van der Waals surface area contributed by atoms with Crippen LogP contribution in [0, 0.1) is 0 Å². The number of methoxy groups -OCH3 is 2. The van der Waals surface area contributed by atoms with Crippen LogP contribution in [0.15, 0.2) is 30.3 Å². The van der Waals surface area contributed by atoms with Gasteiger partial charge in [0.05, 0.1) is 31.7 Å². The summed E-state index contributed by atoms with van der Waals surface area (Å²) < 4.78 is 36.1. The first-order chi connectivity index (χ1) is 13.1. The fourth-order valence-corrected chi connectivity index (χ4v) is 4.17. The van der Waals surface area contributed by atoms with E-state index in [0.29, 0.717) is 21.5 Å². The van der Waals surface area contributed by atoms with Crippen molar-refractivity contribution in [3.05, 3.63) is 45.9 Å². The Balaban J connectivity index is 2.60. The zero-order valence-electron chi connectivity index (χ0n) is 15.7. The molecule has 2 aromatic carbocycles. The van der Waals surface area contributed by atoms with Gasteiger partial charge in [0.25, 0.3) is 5.91 Å². The van der Waals surface area contributed by atoms with Crippen LogP contribution in [0.4, 0.5) is 11.4 Å². The van der Waals surface area contributed by atoms with E-state index in [-0.39, 0.29) is 23.5 Å². The van der Waals surface area contributed by atoms with Crippen LogP contribution in [0.5, 0.6) is 11.5 Å². The third kappa shape index (κ3) is 5.01. The molecule has 0 saturated heterocycles. The smallest absolute Gasteiger partial charge is 0.257 e. The van der Waals surface area contributed by atoms with Gasteiger partial charge in [0, 0.05) is 28.3 Å². The van der Waals surface area contributed by atoms with E-state index in [9.17, 15) is 13.2 Å². The number of rotatable bonds is 7. The summed E-state index contributed by atoms with van der Waals surface area (Å²) in [7, 11) is -0.797. The zero-order chi connectivity index (χ0) is 21.1. The first kappa shape index (κ1) is 22.1. The fraction of sp³-hybridized carbons (Fsp3) is 0.278. The summed E-state index contributed by atoms with van der Waals surface area (Å²) in [5, 5.41) is 3.37. The normalized spacial score (nSPS) is 11.1. The van der Waals surface area contributed by atoms with Crippen molar-refractivity contribution in [2.45, 2.75) is 6.92 Å². The van der Waals surface area contributed by atoms with Crippen LogP contribution in [0.3, 0.4) is 0 Å². The third-order valence-corrected chi connectivity index (χ3v) is 5.52. The number of nitrogens with one attached hydrogen (secondary N) is 1. The summed E-state index contributed by atoms with van der Waals surface area (Å²) in [6.07, 6.45) is 1.06. The third-order valence-electron chi connectivity index (χ3n) is 3.82. The van der Waals surface area contributed by atoms with Crippen molar-refractivity contribution in [3.63, 3.8) is 0 Å². The number of hydrogen-bond donors (Lipinski definition) is 1. The van der Waals surface area contributed by atoms with E-state index in [0.717, 1.165) is 10.6 Å². The van der Waals surface area contributed by atoms with Crippen molar-refractivity contribution in [1.82, 2.24) is 0 Å². The van der Waals surface area contributed by atoms with Crippen molar-refractivity contribution in [2.24, 2.45) is 0 Å². The average Bonchev–Trinajstić information content (AvgIpc) is 2.59. The van der Waals surface area contributed by atoms with E-state index >= 15 is 0 Å². The van der Waals surface area contributed by atoms with Gasteiger partial charge >= 0.3 is 0 Å². The lowest BCUT2D eigenvalue weighted by Crippen LogP contribution is -2.31. The van der Waals surface area contributed by atoms with Gasteiger partial charge in [0.1, 0.15) is 0 Å². The SMILES string of the molecule is CCN(c1cc(OC)c(OC)cc1C(=O)Nc1cc(Cl)cc(Cl)c1)S(C)(=O)=O. The van der Waals surface area contributed by atoms with Crippen LogP contribution in [0.25, 0.3) is 0 Å². The van der Waals surface area contributed by atoms with Gasteiger partial charge in [-0.05, 0) is 31.2 Å². The molecule has 10 heteroatoms. The Bertz CT molecular complexity index is 975. The van der Waals surface area contributed by atoms with Gasteiger partial charge in [-0.3, -0.25) is 9.10 Å². The van der Waals surface area contributed by atoms with Gasteiger partial charge in [-0.15, -0.1) is 0 Å². The topological polar surface area (TPSA) is 84.9 Å². The Morgan fingerprint density at radius 3 is 2.04 bits per heavy atom. The number of anilines is 2. The number of nitrogens with zero attached hydrogens (tertiary/aromatic N) is 1. The molecule has 2 aromatic rings. The van der Waals surface area contributed by atoms with Crippen molar-refractivity contribution >= 4 is 50.5 Å². The number of amides is 1. The molecule has 0 unspecified atom stereocenters. The summed E-state index contributed by atoms with van der Waals surface area (Å²) >= 11 is 11.9. The van der Waals surface area contributed by atoms with Gasteiger partial charge < -0.3 is 14.8 Å². The van der Waals surface area contributed by atoms with E-state index in [4.69, 9.17) is 32.7 Å². The number of halogens is 2. The predicted molar refractivity (Wildman–Crippen MR) is 112 cm³/mol. The van der Waals surface area contributed by atoms with Crippen molar-refractivity contribution in [1.29, 1.82) is 0 Å². The Hall–Kier alpha value is -2.16. The zero-order valence-corrected chi connectivity index (χ0v) is 18.1. The first-order valence-electron chi connectivity index (χ1n) is 8.11. The van der Waals surface area contributed by atoms with E-state index in [1.807, 2.05) is 0 Å². The second-order valence-corrected chi connectivity index (χ2v) is 8.54. The molecule has 0 radical (unpaired) electrons. The summed E-state index contributed by atoms with van der Waals surface area (Å²) in [6.45, 7) is 1.79. The highest BCUT2D eigenvalue weighted by molar-refractivity contribution is 7.92. The van der Waals surface area contributed by atoms with Crippen LogP contribution < -0.4 is 19.1 Å². The van der Waals surface area contributed by atoms with Gasteiger partial charge in [-0.25, -0.2) is 8.42 Å². The molecule has 0 bridgehead atoms. The maximum atomic E-state index is 13.0. The number of benzene rings is 2. The lowest BCUT2D eigenvalue weighted by molar-refractivity contribution is 0.102. The molecule has 0 heterocycles. The van der Waals surface area contributed by atoms with E-state index in [1.54, 1.807) is 6.92 Å². The number of carbonyl (C=O) groups excluding carboxylic acids is 1. The molecule has 152 valence electrons. The molecule has 0 saturated carbocycles. The molecule has 0 fully saturated rings. The quantitative estimate of drug-likeness (QED) is 0.693. The average molecular weight is 447 g/mol. The minimum atomic E-state index is -3.64. The van der Waals surface area contributed by atoms with E-state index in [1.165, 1.54) is 44.6 Å². The molecule has 0 aliphatic heterocycles. The molecule has 7 nitrogen and oxygen atoms in total. The molecule has 0 aromatic heterocycles. The molecular weight excluding hydrogens is 427 g/mol. The van der Waals surface area contributed by atoms with Crippen LogP contribution in [-0.2, 0) is 10.0 Å². The lowest BCUT2D eigenvalue weighted by Gasteiger charge is -2.24. The van der Waals surface area contributed by atoms with Crippen LogP contribution in [0.2, 0.25) is 10.0 Å². The molecule has 2 rings (SSSR count). The maximum Gasteiger partial charge on any atom is 0.257 e. The maximum absolute atomic E-state index is 13.0. The van der Waals surface area contributed by atoms with Crippen LogP contribution in [0.1, 0.15) is 17.3 Å². The molecule has 28 heavy (non-hydrogen) atoms. The highest BCUT2D eigenvalue weighted by Crippen LogP contribution is 2.36. The molecule has 1 amide bonds. The Morgan fingerprint density at radius 1 is 1.04 bits per heavy atom. The second-order valence-electron chi connectivity index (χ2n) is 5.76. The van der Waals surface area contributed by atoms with E-state index < -0.39 is 15.9 Å². The van der Waals surface area contributed by atoms with Gasteiger partial charge in [0.15, 0.2) is 11.5 Å². The molecule has 0 aliphatic rings. The second kappa shape index (κ2) is 8.89. The van der Waals surface area contributed by atoms with Crippen molar-refractivity contribution < 1.29 is 22.7 Å². The number of ether oxygens (including phenoxy) is 2. The van der Waals surface area contributed by atoms with Gasteiger partial charge in [-0.2, -0.15) is 0 Å². The van der Waals surface area contributed by atoms with Crippen LogP contribution in [-0.4, -0.2) is 41.3 Å². The largest absolute Gasteiger partial charge is 0.493 e. The lowest BCUT2D eigenvalue weighted by atomic mass is 10.1. The Labute approximate surface area is 174 Å². The molecule has 0 atom stereocenters. The minimum Gasteiger partial charge on any atom is -0.493 e. The first-order valence-corrected chi connectivity index (χ1v) is 10.7. The van der Waals surface area contributed by atoms with Crippen molar-refractivity contribution in [3.8, 4) is 11.5 Å². The monoisotopic (exact) mass is 446 g/mol. The van der Waals surface area contributed by atoms with Crippen molar-refractivity contribution in [2.75, 3.05) is 36.6 Å². The molecule has 1 N–H and O–H groups in total. The van der Waals surface area contributed by atoms with E-state index in [2.05, 4.69) is 5.32 Å². The highest BCUT2D eigenvalue weighted by Gasteiger charge is 2.25. The summed E-state index contributed by atoms with van der Waals surface area (Å²) in [5.74, 6) is 0.0171. The number of hydrogen-bond acceptors (Lipinski definition) is 5. The van der Waals surface area contributed by atoms with Crippen LogP contribution >= 0.6 is 23.2 Å². The molecule has 0 spiro atoms. The minimum absolute atomic E-state index is 0.0843. The summed E-state index contributed by atoms with van der Waals surface area (Å²) in [5.41, 5.74) is 0.611. The Kier molecular flexibility index (Phi) is 7.03. The number of sulfonamides is 1. The van der Waals surface area contributed by atoms with Gasteiger partial charge in [0.2, 0.25) is 10.0 Å². The summed E-state index contributed by atoms with van der Waals surface area (Å²) in [6, 6.07) is 7.45. The number of carbonyl (C=O) groups is 1. The fourth-order valence-electron chi connectivity index (χ4n) is 2.66. The highest BCUT2D eigenvalue weighted by atomic mass is 35.5.